The highest BCUT2D eigenvalue weighted by atomic mass is 19.1. The summed E-state index contributed by atoms with van der Waals surface area (Å²) in [6.45, 7) is 0. The van der Waals surface area contributed by atoms with Crippen molar-refractivity contribution in [3.63, 3.8) is 0 Å². The number of nitro groups is 1. The van der Waals surface area contributed by atoms with Gasteiger partial charge in [0, 0.05) is 7.05 Å². The van der Waals surface area contributed by atoms with E-state index >= 15 is 0 Å². The average Bonchev–Trinajstić information content (AvgIpc) is 2.48. The van der Waals surface area contributed by atoms with Gasteiger partial charge in [0.2, 0.25) is 5.95 Å². The Kier molecular flexibility index (Phi) is 3.90. The predicted molar refractivity (Wildman–Crippen MR) is 69.4 cm³/mol. The molecule has 0 unspecified atom stereocenters. The maximum Gasteiger partial charge on any atom is 0.349 e. The van der Waals surface area contributed by atoms with Crippen molar-refractivity contribution < 1.29 is 14.1 Å². The smallest absolute Gasteiger partial charge is 0.349 e. The van der Waals surface area contributed by atoms with Gasteiger partial charge >= 0.3 is 11.6 Å². The minimum absolute atomic E-state index is 0.0876. The van der Waals surface area contributed by atoms with E-state index in [-0.39, 0.29) is 17.3 Å². The fraction of sp³-hybridized carbons (Fsp3) is 0.0833. The molecular formula is C12H8FN5O3. The molecular weight excluding hydrogens is 281 g/mol. The quantitative estimate of drug-likeness (QED) is 0.677. The van der Waals surface area contributed by atoms with Crippen molar-refractivity contribution in [1.82, 2.24) is 9.97 Å². The maximum absolute atomic E-state index is 13.7. The molecule has 0 spiro atoms. The van der Waals surface area contributed by atoms with E-state index in [1.165, 1.54) is 19.2 Å². The molecule has 0 saturated heterocycles. The van der Waals surface area contributed by atoms with E-state index in [1.54, 1.807) is 6.07 Å². The highest BCUT2D eigenvalue weighted by Gasteiger charge is 2.20. The Morgan fingerprint density at radius 2 is 2.29 bits per heavy atom. The minimum Gasteiger partial charge on any atom is -0.430 e. The van der Waals surface area contributed by atoms with Crippen molar-refractivity contribution in [2.75, 3.05) is 12.4 Å². The first-order valence-corrected chi connectivity index (χ1v) is 5.62. The van der Waals surface area contributed by atoms with E-state index in [9.17, 15) is 14.5 Å². The second-order valence-corrected chi connectivity index (χ2v) is 3.75. The van der Waals surface area contributed by atoms with E-state index < -0.39 is 22.3 Å². The SMILES string of the molecule is CNc1ncc([N+](=O)[O-])c(Oc2ccc(C#N)cc2F)n1. The molecule has 0 amide bonds. The van der Waals surface area contributed by atoms with E-state index in [0.29, 0.717) is 0 Å². The third-order valence-corrected chi connectivity index (χ3v) is 2.42. The summed E-state index contributed by atoms with van der Waals surface area (Å²) in [5.41, 5.74) is -0.397. The Hall–Kier alpha value is -3.28. The number of nitrogens with zero attached hydrogens (tertiary/aromatic N) is 4. The first-order chi connectivity index (χ1) is 10.0. The summed E-state index contributed by atoms with van der Waals surface area (Å²) in [5, 5.41) is 22.1. The monoisotopic (exact) mass is 289 g/mol. The van der Waals surface area contributed by atoms with Crippen LogP contribution < -0.4 is 10.1 Å². The zero-order valence-corrected chi connectivity index (χ0v) is 10.7. The molecule has 0 bridgehead atoms. The van der Waals surface area contributed by atoms with Crippen LogP contribution in [-0.4, -0.2) is 21.9 Å². The molecule has 0 saturated carbocycles. The molecule has 1 aromatic heterocycles. The standard InChI is InChI=1S/C12H8FN5O3/c1-15-12-16-6-9(18(19)20)11(17-12)21-10-3-2-7(5-14)4-8(10)13/h2-4,6H,1H3,(H,15,16,17). The molecule has 1 heterocycles. The number of benzene rings is 1. The summed E-state index contributed by atoms with van der Waals surface area (Å²) < 4.78 is 18.9. The summed E-state index contributed by atoms with van der Waals surface area (Å²) in [4.78, 5) is 17.6. The van der Waals surface area contributed by atoms with Gasteiger partial charge in [-0.15, -0.1) is 0 Å². The molecule has 0 aliphatic carbocycles. The highest BCUT2D eigenvalue weighted by molar-refractivity contribution is 5.46. The fourth-order valence-electron chi connectivity index (χ4n) is 1.44. The summed E-state index contributed by atoms with van der Waals surface area (Å²) in [5.74, 6) is -1.42. The van der Waals surface area contributed by atoms with Crippen molar-refractivity contribution in [1.29, 1.82) is 5.26 Å². The number of rotatable bonds is 4. The molecule has 8 nitrogen and oxygen atoms in total. The normalized spacial score (nSPS) is 9.76. The molecule has 0 aliphatic heterocycles. The van der Waals surface area contributed by atoms with Crippen molar-refractivity contribution in [3.05, 3.63) is 45.9 Å². The first-order valence-electron chi connectivity index (χ1n) is 5.62. The Morgan fingerprint density at radius 1 is 1.52 bits per heavy atom. The lowest BCUT2D eigenvalue weighted by atomic mass is 10.2. The summed E-state index contributed by atoms with van der Waals surface area (Å²) >= 11 is 0. The molecule has 0 aliphatic rings. The van der Waals surface area contributed by atoms with Gasteiger partial charge in [0.15, 0.2) is 11.6 Å². The second-order valence-electron chi connectivity index (χ2n) is 3.75. The number of hydrogen-bond donors (Lipinski definition) is 1. The Bertz CT molecular complexity index is 744. The second kappa shape index (κ2) is 5.79. The molecule has 2 rings (SSSR count). The third-order valence-electron chi connectivity index (χ3n) is 2.42. The van der Waals surface area contributed by atoms with Crippen molar-refractivity contribution in [3.8, 4) is 17.7 Å². The van der Waals surface area contributed by atoms with E-state index in [4.69, 9.17) is 10.00 Å². The van der Waals surface area contributed by atoms with Gasteiger partial charge in [0.05, 0.1) is 16.6 Å². The number of nitrogens with one attached hydrogen (secondary N) is 1. The van der Waals surface area contributed by atoms with Gasteiger partial charge in [-0.05, 0) is 18.2 Å². The van der Waals surface area contributed by atoms with Gasteiger partial charge in [-0.3, -0.25) is 10.1 Å². The van der Waals surface area contributed by atoms with E-state index in [2.05, 4.69) is 15.3 Å². The van der Waals surface area contributed by atoms with E-state index in [1.807, 2.05) is 0 Å². The highest BCUT2D eigenvalue weighted by Crippen LogP contribution is 2.31. The molecule has 9 heteroatoms. The van der Waals surface area contributed by atoms with Crippen molar-refractivity contribution in [2.45, 2.75) is 0 Å². The molecule has 1 aromatic carbocycles. The Balaban J connectivity index is 2.43. The molecule has 106 valence electrons. The molecule has 0 fully saturated rings. The van der Waals surface area contributed by atoms with Crippen LogP contribution in [0.5, 0.6) is 11.6 Å². The van der Waals surface area contributed by atoms with Crippen LogP contribution in [0.15, 0.2) is 24.4 Å². The summed E-state index contributed by atoms with van der Waals surface area (Å²) in [7, 11) is 1.52. The number of nitriles is 1. The first kappa shape index (κ1) is 14.1. The fourth-order valence-corrected chi connectivity index (χ4v) is 1.44. The molecule has 0 atom stereocenters. The maximum atomic E-state index is 13.7. The van der Waals surface area contributed by atoms with Crippen LogP contribution in [0.2, 0.25) is 0 Å². The van der Waals surface area contributed by atoms with Gasteiger partial charge < -0.3 is 10.1 Å². The zero-order valence-electron chi connectivity index (χ0n) is 10.7. The lowest BCUT2D eigenvalue weighted by Gasteiger charge is -2.07. The van der Waals surface area contributed by atoms with Crippen LogP contribution in [-0.2, 0) is 0 Å². The number of halogens is 1. The lowest BCUT2D eigenvalue weighted by Crippen LogP contribution is -2.02. The van der Waals surface area contributed by atoms with Gasteiger partial charge in [-0.1, -0.05) is 0 Å². The van der Waals surface area contributed by atoms with Crippen molar-refractivity contribution in [2.24, 2.45) is 0 Å². The predicted octanol–water partition coefficient (Wildman–Crippen LogP) is 2.23. The minimum atomic E-state index is -0.826. The largest absolute Gasteiger partial charge is 0.430 e. The number of ether oxygens (including phenoxy) is 1. The number of anilines is 1. The van der Waals surface area contributed by atoms with Crippen LogP contribution in [0.4, 0.5) is 16.0 Å². The van der Waals surface area contributed by atoms with Gasteiger partial charge in [0.1, 0.15) is 6.20 Å². The zero-order chi connectivity index (χ0) is 15.4. The van der Waals surface area contributed by atoms with Gasteiger partial charge in [-0.2, -0.15) is 10.2 Å². The molecule has 0 radical (unpaired) electrons. The number of hydrogen-bond acceptors (Lipinski definition) is 7. The summed E-state index contributed by atoms with van der Waals surface area (Å²) in [6.07, 6.45) is 0.954. The molecule has 1 N–H and O–H groups in total. The Labute approximate surface area is 118 Å². The van der Waals surface area contributed by atoms with E-state index in [0.717, 1.165) is 12.3 Å². The van der Waals surface area contributed by atoms with Crippen molar-refractivity contribution >= 4 is 11.6 Å². The Morgan fingerprint density at radius 3 is 2.86 bits per heavy atom. The summed E-state index contributed by atoms with van der Waals surface area (Å²) in [6, 6.07) is 5.24. The lowest BCUT2D eigenvalue weighted by molar-refractivity contribution is -0.386. The van der Waals surface area contributed by atoms with Crippen LogP contribution in [0.25, 0.3) is 0 Å². The number of aromatic nitrogens is 2. The van der Waals surface area contributed by atoms with Crippen LogP contribution in [0.1, 0.15) is 5.56 Å². The van der Waals surface area contributed by atoms with Crippen LogP contribution >= 0.6 is 0 Å². The molecule has 21 heavy (non-hydrogen) atoms. The van der Waals surface area contributed by atoms with Gasteiger partial charge in [-0.25, -0.2) is 9.37 Å². The topological polar surface area (TPSA) is 114 Å². The third kappa shape index (κ3) is 3.01. The van der Waals surface area contributed by atoms with Crippen LogP contribution in [0.3, 0.4) is 0 Å². The van der Waals surface area contributed by atoms with Crippen LogP contribution in [0, 0.1) is 27.3 Å². The average molecular weight is 289 g/mol. The van der Waals surface area contributed by atoms with Gasteiger partial charge in [0.25, 0.3) is 0 Å². The molecule has 2 aromatic rings.